The number of carbonyl (C=O) groups excluding carboxylic acids is 1. The van der Waals surface area contributed by atoms with Gasteiger partial charge in [-0.1, -0.05) is 57.2 Å². The molecule has 3 aromatic rings. The first-order valence-corrected chi connectivity index (χ1v) is 9.81. The van der Waals surface area contributed by atoms with Crippen LogP contribution in [0.1, 0.15) is 54.8 Å². The lowest BCUT2D eigenvalue weighted by Crippen LogP contribution is -2.28. The zero-order valence-electron chi connectivity index (χ0n) is 18.3. The third-order valence-electron chi connectivity index (χ3n) is 4.29. The first-order valence-electron chi connectivity index (χ1n) is 9.81. The van der Waals surface area contributed by atoms with Gasteiger partial charge in [-0.25, -0.2) is 13.6 Å². The van der Waals surface area contributed by atoms with Crippen molar-refractivity contribution in [2.45, 2.75) is 66.5 Å². The van der Waals surface area contributed by atoms with Crippen molar-refractivity contribution in [2.75, 3.05) is 0 Å². The van der Waals surface area contributed by atoms with Gasteiger partial charge >= 0.3 is 5.97 Å². The molecule has 3 rings (SSSR count). The SMILES string of the molecule is CC(C)(C)C(F)n1c2ccccc2c2ccccc21.CC(F)C(=O)OC(C)(C)C. The van der Waals surface area contributed by atoms with Gasteiger partial charge in [-0.15, -0.1) is 0 Å². The maximum absolute atomic E-state index is 14.9. The molecule has 0 bridgehead atoms. The molecule has 0 fully saturated rings. The van der Waals surface area contributed by atoms with Crippen molar-refractivity contribution in [1.82, 2.24) is 4.57 Å². The Kier molecular flexibility index (Phi) is 6.71. The molecule has 2 atom stereocenters. The summed E-state index contributed by atoms with van der Waals surface area (Å²) in [6.07, 6.45) is -2.57. The van der Waals surface area contributed by atoms with Crippen molar-refractivity contribution in [2.24, 2.45) is 5.41 Å². The molecule has 2 unspecified atom stereocenters. The monoisotopic (exact) mass is 403 g/mol. The van der Waals surface area contributed by atoms with E-state index < -0.39 is 29.5 Å². The molecule has 1 aromatic heterocycles. The number of nitrogens with zero attached hydrogens (tertiary/aromatic N) is 1. The minimum absolute atomic E-state index is 0.426. The summed E-state index contributed by atoms with van der Waals surface area (Å²) in [5.41, 5.74) is 0.916. The van der Waals surface area contributed by atoms with E-state index in [1.54, 1.807) is 20.8 Å². The molecule has 0 aliphatic carbocycles. The lowest BCUT2D eigenvalue weighted by atomic mass is 9.95. The Morgan fingerprint density at radius 2 is 1.28 bits per heavy atom. The number of para-hydroxylation sites is 2. The topological polar surface area (TPSA) is 31.2 Å². The molecule has 0 aliphatic heterocycles. The van der Waals surface area contributed by atoms with E-state index in [9.17, 15) is 13.6 Å². The Morgan fingerprint density at radius 3 is 1.59 bits per heavy atom. The first kappa shape index (κ1) is 22.9. The second-order valence-corrected chi connectivity index (χ2v) is 9.26. The number of rotatable bonds is 2. The van der Waals surface area contributed by atoms with Crippen LogP contribution >= 0.6 is 0 Å². The lowest BCUT2D eigenvalue weighted by molar-refractivity contribution is -0.160. The minimum Gasteiger partial charge on any atom is -0.458 e. The number of fused-ring (bicyclic) bond motifs is 3. The number of esters is 1. The van der Waals surface area contributed by atoms with Crippen LogP contribution in [-0.4, -0.2) is 22.3 Å². The third kappa shape index (κ3) is 5.55. The van der Waals surface area contributed by atoms with E-state index in [2.05, 4.69) is 16.9 Å². The van der Waals surface area contributed by atoms with Gasteiger partial charge in [0, 0.05) is 16.2 Å². The van der Waals surface area contributed by atoms with E-state index in [0.29, 0.717) is 0 Å². The van der Waals surface area contributed by atoms with Crippen LogP contribution in [0.25, 0.3) is 21.8 Å². The van der Waals surface area contributed by atoms with Crippen molar-refractivity contribution in [3.05, 3.63) is 48.5 Å². The van der Waals surface area contributed by atoms with Crippen LogP contribution in [0.4, 0.5) is 8.78 Å². The molecule has 29 heavy (non-hydrogen) atoms. The molecule has 0 saturated heterocycles. The summed E-state index contributed by atoms with van der Waals surface area (Å²) >= 11 is 0. The van der Waals surface area contributed by atoms with Crippen molar-refractivity contribution in [3.8, 4) is 0 Å². The molecule has 0 saturated carbocycles. The van der Waals surface area contributed by atoms with Crippen molar-refractivity contribution < 1.29 is 18.3 Å². The Bertz CT molecular complexity index is 925. The van der Waals surface area contributed by atoms with Crippen molar-refractivity contribution in [3.63, 3.8) is 0 Å². The van der Waals surface area contributed by atoms with Crippen LogP contribution in [-0.2, 0) is 9.53 Å². The molecular weight excluding hydrogens is 372 g/mol. The van der Waals surface area contributed by atoms with E-state index in [0.717, 1.165) is 28.7 Å². The van der Waals surface area contributed by atoms with Gasteiger partial charge in [0.05, 0.1) is 11.0 Å². The van der Waals surface area contributed by atoms with Crippen LogP contribution in [0.15, 0.2) is 48.5 Å². The fraction of sp³-hybridized carbons (Fsp3) is 0.458. The van der Waals surface area contributed by atoms with E-state index >= 15 is 0 Å². The van der Waals surface area contributed by atoms with Gasteiger partial charge in [0.25, 0.3) is 0 Å². The fourth-order valence-electron chi connectivity index (χ4n) is 2.97. The van der Waals surface area contributed by atoms with Crippen LogP contribution in [0.2, 0.25) is 0 Å². The number of halogens is 2. The second kappa shape index (κ2) is 8.52. The van der Waals surface area contributed by atoms with E-state index in [-0.39, 0.29) is 0 Å². The summed E-state index contributed by atoms with van der Waals surface area (Å²) in [5, 5.41) is 2.23. The van der Waals surface area contributed by atoms with E-state index in [1.165, 1.54) is 0 Å². The van der Waals surface area contributed by atoms with Gasteiger partial charge in [-0.2, -0.15) is 0 Å². The van der Waals surface area contributed by atoms with Gasteiger partial charge < -0.3 is 9.30 Å². The molecule has 0 N–H and O–H groups in total. The number of aromatic nitrogens is 1. The highest BCUT2D eigenvalue weighted by Gasteiger charge is 2.28. The average Bonchev–Trinajstić information content (AvgIpc) is 2.94. The Hall–Kier alpha value is -2.43. The number of benzene rings is 2. The van der Waals surface area contributed by atoms with Crippen LogP contribution in [0.3, 0.4) is 0 Å². The average molecular weight is 404 g/mol. The Balaban J connectivity index is 0.000000257. The maximum atomic E-state index is 14.9. The van der Waals surface area contributed by atoms with Crippen molar-refractivity contribution in [1.29, 1.82) is 0 Å². The smallest absolute Gasteiger partial charge is 0.340 e. The number of hydrogen-bond acceptors (Lipinski definition) is 2. The molecule has 0 spiro atoms. The summed E-state index contributed by atoms with van der Waals surface area (Å²) in [7, 11) is 0. The molecule has 1 heterocycles. The standard InChI is InChI=1S/C17H18FN.C7H13FO2/c1-17(2,3)16(18)19-14-10-6-4-8-12(14)13-9-5-7-11-15(13)19;1-5(8)6(9)10-7(2,3)4/h4-11,16H,1-3H3;5H,1-4H3. The minimum atomic E-state index is -1.53. The molecular formula is C24H31F2NO2. The second-order valence-electron chi connectivity index (χ2n) is 9.26. The lowest BCUT2D eigenvalue weighted by Gasteiger charge is -2.26. The number of carbonyl (C=O) groups is 1. The molecule has 0 radical (unpaired) electrons. The third-order valence-corrected chi connectivity index (χ3v) is 4.29. The normalized spacial score (nSPS) is 14.2. The van der Waals surface area contributed by atoms with Gasteiger partial charge in [0.1, 0.15) is 5.60 Å². The summed E-state index contributed by atoms with van der Waals surface area (Å²) in [6.45, 7) is 12.1. The highest BCUT2D eigenvalue weighted by Crippen LogP contribution is 2.39. The molecule has 3 nitrogen and oxygen atoms in total. The fourth-order valence-corrected chi connectivity index (χ4v) is 2.97. The van der Waals surface area contributed by atoms with E-state index in [4.69, 9.17) is 0 Å². The zero-order valence-corrected chi connectivity index (χ0v) is 18.3. The number of ether oxygens (including phenoxy) is 1. The molecule has 2 aromatic carbocycles. The maximum Gasteiger partial charge on any atom is 0.340 e. The summed E-state index contributed by atoms with van der Waals surface area (Å²) in [6, 6.07) is 16.0. The summed E-state index contributed by atoms with van der Waals surface area (Å²) in [4.78, 5) is 10.6. The number of hydrogen-bond donors (Lipinski definition) is 0. The predicted molar refractivity (Wildman–Crippen MR) is 115 cm³/mol. The predicted octanol–water partition coefficient (Wildman–Crippen LogP) is 6.99. The first-order chi connectivity index (χ1) is 13.3. The summed E-state index contributed by atoms with van der Waals surface area (Å²) < 4.78 is 33.6. The molecule has 0 aliphatic rings. The Labute approximate surface area is 171 Å². The number of alkyl halides is 2. The van der Waals surface area contributed by atoms with E-state index in [1.807, 2.05) is 61.7 Å². The largest absolute Gasteiger partial charge is 0.458 e. The summed E-state index contributed by atoms with van der Waals surface area (Å²) in [5.74, 6) is -0.799. The highest BCUT2D eigenvalue weighted by molar-refractivity contribution is 6.08. The van der Waals surface area contributed by atoms with Crippen molar-refractivity contribution >= 4 is 27.8 Å². The van der Waals surface area contributed by atoms with Gasteiger partial charge in [0.15, 0.2) is 12.5 Å². The van der Waals surface area contributed by atoms with Crippen LogP contribution in [0.5, 0.6) is 0 Å². The van der Waals surface area contributed by atoms with Gasteiger partial charge in [-0.3, -0.25) is 0 Å². The highest BCUT2D eigenvalue weighted by atomic mass is 19.1. The molecule has 0 amide bonds. The Morgan fingerprint density at radius 1 is 0.862 bits per heavy atom. The zero-order chi connectivity index (χ0) is 22.0. The van der Waals surface area contributed by atoms with Gasteiger partial charge in [0.2, 0.25) is 0 Å². The van der Waals surface area contributed by atoms with Gasteiger partial charge in [-0.05, 0) is 39.8 Å². The quantitative estimate of drug-likeness (QED) is 0.432. The van der Waals surface area contributed by atoms with Crippen LogP contribution in [0, 0.1) is 5.41 Å². The molecule has 5 heteroatoms. The van der Waals surface area contributed by atoms with Crippen LogP contribution < -0.4 is 0 Å². The molecule has 158 valence electrons.